The summed E-state index contributed by atoms with van der Waals surface area (Å²) in [5.74, 6) is -1.74. The third kappa shape index (κ3) is 6.98. The lowest BCUT2D eigenvalue weighted by atomic mass is 9.99. The van der Waals surface area contributed by atoms with Crippen LogP contribution in [-0.4, -0.2) is 100 Å². The molecule has 0 aliphatic carbocycles. The van der Waals surface area contributed by atoms with Crippen LogP contribution in [0.5, 0.6) is 11.5 Å². The fraction of sp³-hybridized carbons (Fsp3) is 0.405. The lowest BCUT2D eigenvalue weighted by Gasteiger charge is -2.36. The maximum Gasteiger partial charge on any atom is 0.255 e. The number of phenolic OH excluding ortho intramolecular Hbond substituents is 1. The van der Waals surface area contributed by atoms with Crippen LogP contribution in [0.3, 0.4) is 0 Å². The van der Waals surface area contributed by atoms with Crippen molar-refractivity contribution in [3.8, 4) is 22.8 Å². The van der Waals surface area contributed by atoms with Crippen molar-refractivity contribution in [2.24, 2.45) is 0 Å². The molecule has 5 aliphatic heterocycles. The largest absolute Gasteiger partial charge is 0.504 e. The van der Waals surface area contributed by atoms with E-state index < -0.39 is 29.3 Å². The number of hydrogen-bond donors (Lipinski definition) is 3. The van der Waals surface area contributed by atoms with Crippen LogP contribution in [0, 0.1) is 11.6 Å². The minimum absolute atomic E-state index is 0.0566. The molecule has 1 aromatic heterocycles. The quantitative estimate of drug-likeness (QED) is 0.213. The Balaban J connectivity index is 0.827. The summed E-state index contributed by atoms with van der Waals surface area (Å²) < 4.78 is 34.9. The number of aromatic nitrogens is 2. The van der Waals surface area contributed by atoms with Gasteiger partial charge in [-0.25, -0.2) is 8.78 Å². The maximum absolute atomic E-state index is 14.1. The molecular weight excluding hydrogens is 735 g/mol. The van der Waals surface area contributed by atoms with Crippen LogP contribution >= 0.6 is 0 Å². The number of rotatable bonds is 8. The van der Waals surface area contributed by atoms with Crippen molar-refractivity contribution in [1.29, 1.82) is 0 Å². The normalized spacial score (nSPS) is 22.0. The van der Waals surface area contributed by atoms with E-state index in [1.165, 1.54) is 5.56 Å². The minimum atomic E-state index is -1.06. The zero-order chi connectivity index (χ0) is 39.5. The van der Waals surface area contributed by atoms with Gasteiger partial charge in [0.25, 0.3) is 5.91 Å². The van der Waals surface area contributed by atoms with Gasteiger partial charge in [-0.3, -0.25) is 24.6 Å². The number of anilines is 3. The maximum atomic E-state index is 14.1. The Morgan fingerprint density at radius 3 is 2.56 bits per heavy atom. The summed E-state index contributed by atoms with van der Waals surface area (Å²) in [6, 6.07) is 15.3. The Morgan fingerprint density at radius 1 is 0.947 bits per heavy atom. The molecule has 4 aromatic rings. The van der Waals surface area contributed by atoms with Gasteiger partial charge in [0, 0.05) is 81.5 Å². The number of ether oxygens (including phenoxy) is 1. The lowest BCUT2D eigenvalue weighted by Crippen LogP contribution is -2.52. The lowest BCUT2D eigenvalue weighted by molar-refractivity contribution is -0.136. The highest BCUT2D eigenvalue weighted by atomic mass is 19.1. The highest BCUT2D eigenvalue weighted by Crippen LogP contribution is 2.40. The molecule has 3 aromatic carbocycles. The van der Waals surface area contributed by atoms with E-state index in [0.29, 0.717) is 43.5 Å². The number of fused-ring (bicyclic) bond motifs is 4. The summed E-state index contributed by atoms with van der Waals surface area (Å²) in [5, 5.41) is 24.4. The molecule has 3 amide bonds. The molecule has 3 saturated heterocycles. The third-order valence-electron chi connectivity index (χ3n) is 11.9. The predicted molar refractivity (Wildman–Crippen MR) is 208 cm³/mol. The topological polar surface area (TPSA) is 143 Å². The monoisotopic (exact) mass is 778 g/mol. The van der Waals surface area contributed by atoms with Crippen LogP contribution in [0.2, 0.25) is 0 Å². The molecule has 57 heavy (non-hydrogen) atoms. The van der Waals surface area contributed by atoms with Gasteiger partial charge in [-0.05, 0) is 59.4 Å². The van der Waals surface area contributed by atoms with Crippen molar-refractivity contribution in [3.63, 3.8) is 0 Å². The molecule has 6 heterocycles. The second kappa shape index (κ2) is 14.6. The number of aromatic hydroxyl groups is 1. The Labute approximate surface area is 328 Å². The molecule has 3 fully saturated rings. The highest BCUT2D eigenvalue weighted by Gasteiger charge is 2.40. The van der Waals surface area contributed by atoms with Gasteiger partial charge < -0.3 is 29.9 Å². The van der Waals surface area contributed by atoms with Crippen LogP contribution in [0.25, 0.3) is 11.3 Å². The molecule has 0 spiro atoms. The number of piperidine rings is 1. The second-order valence-corrected chi connectivity index (χ2v) is 15.9. The fourth-order valence-electron chi connectivity index (χ4n) is 8.88. The number of halogens is 2. The molecule has 296 valence electrons. The van der Waals surface area contributed by atoms with Crippen LogP contribution < -0.4 is 25.2 Å². The van der Waals surface area contributed by atoms with Gasteiger partial charge >= 0.3 is 0 Å². The van der Waals surface area contributed by atoms with E-state index in [4.69, 9.17) is 4.74 Å². The highest BCUT2D eigenvalue weighted by molar-refractivity contribution is 6.05. The number of phenols is 1. The number of amides is 3. The van der Waals surface area contributed by atoms with Crippen LogP contribution in [0.15, 0.2) is 54.6 Å². The van der Waals surface area contributed by atoms with Crippen molar-refractivity contribution in [2.45, 2.75) is 70.3 Å². The van der Waals surface area contributed by atoms with E-state index in [0.717, 1.165) is 73.5 Å². The third-order valence-corrected chi connectivity index (χ3v) is 11.9. The van der Waals surface area contributed by atoms with E-state index in [1.54, 1.807) is 11.0 Å². The Hall–Kier alpha value is -5.83. The molecule has 0 bridgehead atoms. The van der Waals surface area contributed by atoms with E-state index in [-0.39, 0.29) is 47.6 Å². The van der Waals surface area contributed by atoms with Crippen molar-refractivity contribution in [1.82, 2.24) is 25.3 Å². The zero-order valence-electron chi connectivity index (χ0n) is 31.8. The van der Waals surface area contributed by atoms with Gasteiger partial charge in [0.2, 0.25) is 11.8 Å². The van der Waals surface area contributed by atoms with Crippen molar-refractivity contribution in [3.05, 3.63) is 88.5 Å². The van der Waals surface area contributed by atoms with Crippen molar-refractivity contribution in [2.75, 3.05) is 54.4 Å². The molecule has 0 radical (unpaired) electrons. The standard InChI is InChI=1S/C42H44F2N8O5/c1-23(2)30-13-24(20-49-9-11-50(12-10-49)27-5-4-25-21-52(42(56)31(25)17-27)35-6-8-38(53)46-41(35)55)3-7-37(30)57-29-16-28-19-45-40-36(51(28)22-29)18-34(47-48-40)32-14-26(43)15-33(44)39(32)54/h3-5,7,13-15,17-18,23,28-29,35,54H,6,8-12,16,19-22H2,1-2H3,(H,45,48)(H,46,53,55)/t28-,29-,35?/m1/s1. The summed E-state index contributed by atoms with van der Waals surface area (Å²) in [7, 11) is 0. The number of nitrogens with one attached hydrogen (secondary N) is 2. The molecule has 5 aliphatic rings. The van der Waals surface area contributed by atoms with E-state index in [9.17, 15) is 28.3 Å². The minimum Gasteiger partial charge on any atom is -0.504 e. The summed E-state index contributed by atoms with van der Waals surface area (Å²) >= 11 is 0. The predicted octanol–water partition coefficient (Wildman–Crippen LogP) is 4.79. The smallest absolute Gasteiger partial charge is 0.255 e. The van der Waals surface area contributed by atoms with Gasteiger partial charge in [0.05, 0.1) is 24.0 Å². The summed E-state index contributed by atoms with van der Waals surface area (Å²) in [4.78, 5) is 46.0. The van der Waals surface area contributed by atoms with Gasteiger partial charge in [0.15, 0.2) is 17.4 Å². The average molecular weight is 779 g/mol. The number of carbonyl (C=O) groups is 3. The number of piperazine rings is 1. The van der Waals surface area contributed by atoms with E-state index >= 15 is 0 Å². The van der Waals surface area contributed by atoms with Gasteiger partial charge in [0.1, 0.15) is 23.7 Å². The Bertz CT molecular complexity index is 2280. The van der Waals surface area contributed by atoms with Crippen LogP contribution in [0.1, 0.15) is 66.1 Å². The van der Waals surface area contributed by atoms with Gasteiger partial charge in [-0.2, -0.15) is 0 Å². The Kier molecular flexibility index (Phi) is 9.42. The molecule has 3 atom stereocenters. The summed E-state index contributed by atoms with van der Waals surface area (Å²) in [5.41, 5.74) is 5.73. The molecule has 13 nitrogen and oxygen atoms in total. The molecule has 9 rings (SSSR count). The van der Waals surface area contributed by atoms with Crippen molar-refractivity contribution >= 4 is 34.9 Å². The van der Waals surface area contributed by atoms with Crippen molar-refractivity contribution < 1.29 is 33.0 Å². The van der Waals surface area contributed by atoms with E-state index in [2.05, 4.69) is 73.6 Å². The van der Waals surface area contributed by atoms with Crippen LogP contribution in [-0.2, 0) is 22.7 Å². The summed E-state index contributed by atoms with van der Waals surface area (Å²) in [6.45, 7) is 10.1. The fourth-order valence-corrected chi connectivity index (χ4v) is 8.88. The first-order valence-electron chi connectivity index (χ1n) is 19.6. The van der Waals surface area contributed by atoms with Gasteiger partial charge in [-0.15, -0.1) is 10.2 Å². The first-order valence-corrected chi connectivity index (χ1v) is 19.6. The number of hydrogen-bond acceptors (Lipinski definition) is 11. The van der Waals surface area contributed by atoms with E-state index in [1.807, 2.05) is 12.1 Å². The number of benzene rings is 3. The number of carbonyl (C=O) groups excluding carboxylic acids is 3. The molecule has 1 unspecified atom stereocenters. The average Bonchev–Trinajstić information content (AvgIpc) is 3.76. The number of imide groups is 1. The summed E-state index contributed by atoms with van der Waals surface area (Å²) in [6.07, 6.45) is 1.24. The molecule has 3 N–H and O–H groups in total. The molecule has 15 heteroatoms. The molecule has 0 saturated carbocycles. The zero-order valence-corrected chi connectivity index (χ0v) is 31.8. The first kappa shape index (κ1) is 36.8. The molecular formula is C42H44F2N8O5. The first-order chi connectivity index (χ1) is 27.5. The number of nitrogens with zero attached hydrogens (tertiary/aromatic N) is 6. The Morgan fingerprint density at radius 2 is 1.77 bits per heavy atom. The van der Waals surface area contributed by atoms with Gasteiger partial charge in [-0.1, -0.05) is 32.0 Å². The second-order valence-electron chi connectivity index (χ2n) is 15.9. The van der Waals surface area contributed by atoms with Crippen LogP contribution in [0.4, 0.5) is 26.0 Å². The SMILES string of the molecule is CC(C)c1cc(CN2CCN(c3ccc4c(c3)C(=O)N(C3CCC(=O)NC3=O)C4)CC2)ccc1O[C@@H]1C[C@@H]2CNc3nnc(-c4cc(F)cc(F)c4O)cc3N2C1.